The molecule has 67 heavy (non-hydrogen) atoms. The minimum absolute atomic E-state index is 0.864. The van der Waals surface area contributed by atoms with Crippen molar-refractivity contribution in [2.75, 3.05) is 9.80 Å². The summed E-state index contributed by atoms with van der Waals surface area (Å²) in [5.41, 5.74) is 12.9. The van der Waals surface area contributed by atoms with Crippen LogP contribution >= 0.6 is 0 Å². The third-order valence-electron chi connectivity index (χ3n) is 13.4. The Morgan fingerprint density at radius 2 is 0.716 bits per heavy atom. The Kier molecular flexibility index (Phi) is 9.17. The van der Waals surface area contributed by atoms with Gasteiger partial charge in [0.25, 0.3) is 0 Å². The highest BCUT2D eigenvalue weighted by Gasteiger charge is 2.25. The van der Waals surface area contributed by atoms with Gasteiger partial charge < -0.3 is 14.2 Å². The highest BCUT2D eigenvalue weighted by atomic mass is 16.3. The van der Waals surface area contributed by atoms with Gasteiger partial charge >= 0.3 is 0 Å². The molecule has 13 rings (SSSR count). The molecule has 0 saturated carbocycles. The van der Waals surface area contributed by atoms with Gasteiger partial charge in [-0.05, 0) is 115 Å². The molecule has 0 bridgehead atoms. The van der Waals surface area contributed by atoms with E-state index in [-0.39, 0.29) is 0 Å². The Bertz CT molecular complexity index is 3900. The largest absolute Gasteiger partial charge is 0.454 e. The zero-order valence-corrected chi connectivity index (χ0v) is 36.6. The topological polar surface area (TPSA) is 19.6 Å². The maximum absolute atomic E-state index is 6.99. The van der Waals surface area contributed by atoms with Gasteiger partial charge in [0.05, 0.1) is 11.4 Å². The predicted octanol–water partition coefficient (Wildman–Crippen LogP) is 18.5. The Hall–Kier alpha value is -8.92. The molecule has 0 aliphatic carbocycles. The maximum atomic E-state index is 6.99. The third-order valence-corrected chi connectivity index (χ3v) is 13.4. The van der Waals surface area contributed by atoms with E-state index in [0.717, 1.165) is 67.0 Å². The first-order chi connectivity index (χ1) is 33.3. The average Bonchev–Trinajstić information content (AvgIpc) is 3.81. The van der Waals surface area contributed by atoms with Crippen molar-refractivity contribution in [3.63, 3.8) is 0 Å². The molecule has 0 aliphatic heterocycles. The molecule has 13 aromatic rings. The molecule has 314 valence electrons. The van der Waals surface area contributed by atoms with E-state index in [1.54, 1.807) is 0 Å². The Morgan fingerprint density at radius 1 is 0.284 bits per heavy atom. The van der Waals surface area contributed by atoms with Gasteiger partial charge in [0.2, 0.25) is 0 Å². The zero-order valence-electron chi connectivity index (χ0n) is 36.6. The molecule has 3 nitrogen and oxygen atoms in total. The Morgan fingerprint density at radius 3 is 1.33 bits per heavy atom. The Balaban J connectivity index is 0.998. The van der Waals surface area contributed by atoms with Crippen LogP contribution in [0.1, 0.15) is 0 Å². The summed E-state index contributed by atoms with van der Waals surface area (Å²) >= 11 is 0. The highest BCUT2D eigenvalue weighted by Crippen LogP contribution is 2.50. The molecule has 0 radical (unpaired) electrons. The van der Waals surface area contributed by atoms with Crippen molar-refractivity contribution in [2.45, 2.75) is 0 Å². The van der Waals surface area contributed by atoms with Crippen molar-refractivity contribution in [3.8, 4) is 22.3 Å². The number of furan rings is 1. The predicted molar refractivity (Wildman–Crippen MR) is 284 cm³/mol. The lowest BCUT2D eigenvalue weighted by Gasteiger charge is -2.30. The molecule has 0 spiro atoms. The second-order valence-corrected chi connectivity index (χ2v) is 17.2. The summed E-state index contributed by atoms with van der Waals surface area (Å²) in [6.45, 7) is 0. The van der Waals surface area contributed by atoms with Crippen LogP contribution in [0.4, 0.5) is 34.1 Å². The van der Waals surface area contributed by atoms with Crippen LogP contribution in [-0.4, -0.2) is 0 Å². The van der Waals surface area contributed by atoms with Crippen molar-refractivity contribution >= 4 is 99.2 Å². The van der Waals surface area contributed by atoms with E-state index in [4.69, 9.17) is 4.42 Å². The average molecular weight is 855 g/mol. The smallest absolute Gasteiger partial charge is 0.160 e. The lowest BCUT2D eigenvalue weighted by atomic mass is 9.89. The number of hydrogen-bond donors (Lipinski definition) is 0. The number of hydrogen-bond acceptors (Lipinski definition) is 3. The van der Waals surface area contributed by atoms with E-state index in [1.807, 2.05) is 0 Å². The van der Waals surface area contributed by atoms with Crippen LogP contribution in [0, 0.1) is 0 Å². The fourth-order valence-corrected chi connectivity index (χ4v) is 10.4. The van der Waals surface area contributed by atoms with Crippen LogP contribution in [0.2, 0.25) is 0 Å². The molecule has 12 aromatic carbocycles. The van der Waals surface area contributed by atoms with Gasteiger partial charge in [0.1, 0.15) is 5.58 Å². The van der Waals surface area contributed by atoms with Crippen LogP contribution in [0.15, 0.2) is 259 Å². The molecule has 0 N–H and O–H groups in total. The summed E-state index contributed by atoms with van der Waals surface area (Å²) < 4.78 is 6.99. The van der Waals surface area contributed by atoms with Gasteiger partial charge in [0, 0.05) is 44.3 Å². The summed E-state index contributed by atoms with van der Waals surface area (Å²) in [4.78, 5) is 4.78. The fraction of sp³-hybridized carbons (Fsp3) is 0. The summed E-state index contributed by atoms with van der Waals surface area (Å²) in [6.07, 6.45) is 0. The number of fused-ring (bicyclic) bond motifs is 9. The van der Waals surface area contributed by atoms with E-state index in [9.17, 15) is 0 Å². The van der Waals surface area contributed by atoms with Crippen LogP contribution in [0.25, 0.3) is 87.3 Å². The molecular weight excluding hydrogens is 813 g/mol. The second kappa shape index (κ2) is 16.0. The SMILES string of the molecule is c1ccc(-c2ccc(N(c3ccccc3)c3c4ccccc4c(-c4ccc(N(c5ccccc5)c5cc6ccccc6c6c5oc5ccc7ccccc7c56)cc4)c4ccccc34)cc2)cc1. The lowest BCUT2D eigenvalue weighted by Crippen LogP contribution is -2.11. The van der Waals surface area contributed by atoms with Gasteiger partial charge in [-0.15, -0.1) is 0 Å². The molecular formula is C64H42N2O. The van der Waals surface area contributed by atoms with Crippen molar-refractivity contribution in [2.24, 2.45) is 0 Å². The summed E-state index contributed by atoms with van der Waals surface area (Å²) in [7, 11) is 0. The minimum Gasteiger partial charge on any atom is -0.454 e. The fourth-order valence-electron chi connectivity index (χ4n) is 10.4. The van der Waals surface area contributed by atoms with E-state index in [2.05, 4.69) is 265 Å². The highest BCUT2D eigenvalue weighted by molar-refractivity contribution is 6.29. The van der Waals surface area contributed by atoms with Crippen molar-refractivity contribution < 1.29 is 4.42 Å². The summed E-state index contributed by atoms with van der Waals surface area (Å²) in [6, 6.07) is 91.7. The first kappa shape index (κ1) is 38.5. The van der Waals surface area contributed by atoms with E-state index < -0.39 is 0 Å². The first-order valence-electron chi connectivity index (χ1n) is 22.9. The molecule has 3 heteroatoms. The number of para-hydroxylation sites is 2. The van der Waals surface area contributed by atoms with Crippen molar-refractivity contribution in [3.05, 3.63) is 255 Å². The molecule has 1 aromatic heterocycles. The van der Waals surface area contributed by atoms with Gasteiger partial charge in [-0.25, -0.2) is 0 Å². The van der Waals surface area contributed by atoms with Gasteiger partial charge in [-0.3, -0.25) is 0 Å². The van der Waals surface area contributed by atoms with Gasteiger partial charge in [0.15, 0.2) is 5.58 Å². The lowest BCUT2D eigenvalue weighted by molar-refractivity contribution is 0.669. The molecule has 0 saturated heterocycles. The zero-order chi connectivity index (χ0) is 44.3. The molecule has 0 atom stereocenters. The van der Waals surface area contributed by atoms with E-state index in [1.165, 1.54) is 54.4 Å². The third kappa shape index (κ3) is 6.43. The van der Waals surface area contributed by atoms with Gasteiger partial charge in [-0.2, -0.15) is 0 Å². The van der Waals surface area contributed by atoms with E-state index in [0.29, 0.717) is 0 Å². The second-order valence-electron chi connectivity index (χ2n) is 17.2. The maximum Gasteiger partial charge on any atom is 0.160 e. The van der Waals surface area contributed by atoms with E-state index >= 15 is 0 Å². The number of anilines is 6. The summed E-state index contributed by atoms with van der Waals surface area (Å²) in [5, 5.41) is 11.7. The summed E-state index contributed by atoms with van der Waals surface area (Å²) in [5.74, 6) is 0. The van der Waals surface area contributed by atoms with Crippen LogP contribution < -0.4 is 9.80 Å². The van der Waals surface area contributed by atoms with Crippen LogP contribution in [-0.2, 0) is 0 Å². The van der Waals surface area contributed by atoms with Crippen molar-refractivity contribution in [1.82, 2.24) is 0 Å². The van der Waals surface area contributed by atoms with Gasteiger partial charge in [-0.1, -0.05) is 194 Å². The van der Waals surface area contributed by atoms with Crippen LogP contribution in [0.3, 0.4) is 0 Å². The number of rotatable bonds is 8. The quantitative estimate of drug-likeness (QED) is 0.142. The number of nitrogens with zero attached hydrogens (tertiary/aromatic N) is 2. The first-order valence-corrected chi connectivity index (χ1v) is 22.9. The number of benzene rings is 12. The molecule has 1 heterocycles. The normalized spacial score (nSPS) is 11.6. The van der Waals surface area contributed by atoms with Crippen LogP contribution in [0.5, 0.6) is 0 Å². The Labute approximate surface area is 388 Å². The molecule has 0 fully saturated rings. The molecule has 0 amide bonds. The standard InChI is InChI=1S/C64H42N2O/c1-4-18-43(19-5-1)44-32-37-51(38-33-44)66(49-24-8-3-9-25-49)63-56-30-16-14-28-54(56)60(55-29-15-17-31-57(55)63)46-34-39-50(40-35-46)65(48-22-6-2-7-23-48)58-42-47-21-11-13-27-53(47)62-61-52-26-12-10-20-45(52)36-41-59(61)67-64(58)62/h1-42H. The van der Waals surface area contributed by atoms with Crippen molar-refractivity contribution in [1.29, 1.82) is 0 Å². The minimum atomic E-state index is 0.864. The monoisotopic (exact) mass is 854 g/mol. The molecule has 0 aliphatic rings. The molecule has 0 unspecified atom stereocenters.